The second-order valence-electron chi connectivity index (χ2n) is 9.44. The third-order valence-electron chi connectivity index (χ3n) is 6.04. The minimum Gasteiger partial charge on any atom is -0.356 e. The molecule has 6 nitrogen and oxygen atoms in total. The summed E-state index contributed by atoms with van der Waals surface area (Å²) in [6, 6.07) is 13.3. The highest BCUT2D eigenvalue weighted by molar-refractivity contribution is 6.08. The van der Waals surface area contributed by atoms with Crippen LogP contribution in [0.25, 0.3) is 11.3 Å². The van der Waals surface area contributed by atoms with Crippen molar-refractivity contribution in [3.8, 4) is 11.3 Å². The first-order chi connectivity index (χ1) is 15.3. The Morgan fingerprint density at radius 3 is 2.66 bits per heavy atom. The standard InChI is InChI=1S/C25H25FN4O2/c1-25(2)12-18-21(19(31)13-25)23(28-15-6-4-3-5-7-15)22(29-18)14-8-9-27-20(10-14)30-24(32)16-11-17(16)26/h3-10,16-17,28-29H,11-13H2,1-2H3,(H,27,30,32)/t16-,17?/m0/s1. The molecule has 5 rings (SSSR count). The van der Waals surface area contributed by atoms with E-state index in [2.05, 4.69) is 34.4 Å². The first-order valence-corrected chi connectivity index (χ1v) is 10.8. The first-order valence-electron chi connectivity index (χ1n) is 10.8. The van der Waals surface area contributed by atoms with Crippen molar-refractivity contribution in [3.63, 3.8) is 0 Å². The number of carbonyl (C=O) groups is 2. The molecule has 0 bridgehead atoms. The van der Waals surface area contributed by atoms with Gasteiger partial charge in [-0.3, -0.25) is 9.59 Å². The Morgan fingerprint density at radius 2 is 1.94 bits per heavy atom. The number of nitrogens with one attached hydrogen (secondary N) is 3. The van der Waals surface area contributed by atoms with Crippen LogP contribution in [0.5, 0.6) is 0 Å². The Labute approximate surface area is 185 Å². The number of H-pyrrole nitrogens is 1. The van der Waals surface area contributed by atoms with Gasteiger partial charge < -0.3 is 15.6 Å². The number of para-hydroxylation sites is 1. The molecule has 2 aliphatic rings. The number of hydrogen-bond acceptors (Lipinski definition) is 4. The smallest absolute Gasteiger partial charge is 0.231 e. The number of alkyl halides is 1. The molecule has 3 aromatic rings. The van der Waals surface area contributed by atoms with Gasteiger partial charge >= 0.3 is 0 Å². The zero-order valence-electron chi connectivity index (χ0n) is 18.0. The van der Waals surface area contributed by atoms with Crippen LogP contribution in [0.4, 0.5) is 21.6 Å². The molecule has 0 saturated heterocycles. The molecular weight excluding hydrogens is 407 g/mol. The molecule has 32 heavy (non-hydrogen) atoms. The molecule has 0 spiro atoms. The van der Waals surface area contributed by atoms with Gasteiger partial charge in [-0.2, -0.15) is 0 Å². The number of nitrogens with zero attached hydrogens (tertiary/aromatic N) is 1. The fraction of sp³-hybridized carbons (Fsp3) is 0.320. The molecule has 2 atom stereocenters. The van der Waals surface area contributed by atoms with E-state index in [-0.39, 0.29) is 23.5 Å². The second kappa shape index (κ2) is 7.58. The van der Waals surface area contributed by atoms with Crippen LogP contribution in [0.15, 0.2) is 48.7 Å². The van der Waals surface area contributed by atoms with Crippen LogP contribution < -0.4 is 10.6 Å². The highest BCUT2D eigenvalue weighted by Gasteiger charge is 2.43. The van der Waals surface area contributed by atoms with Crippen molar-refractivity contribution in [1.82, 2.24) is 9.97 Å². The van der Waals surface area contributed by atoms with E-state index in [0.29, 0.717) is 17.8 Å². The van der Waals surface area contributed by atoms with Crippen molar-refractivity contribution in [2.45, 2.75) is 39.3 Å². The van der Waals surface area contributed by atoms with E-state index in [4.69, 9.17) is 0 Å². The SMILES string of the molecule is CC1(C)CC(=O)c2c([nH]c(-c3ccnc(NC(=O)[C@H]4CC4F)c3)c2Nc2ccccc2)C1. The predicted octanol–water partition coefficient (Wildman–Crippen LogP) is 5.27. The summed E-state index contributed by atoms with van der Waals surface area (Å²) in [6.07, 6.45) is 2.03. The fourth-order valence-corrected chi connectivity index (χ4v) is 4.37. The molecule has 0 aliphatic heterocycles. The summed E-state index contributed by atoms with van der Waals surface area (Å²) in [7, 11) is 0. The maximum absolute atomic E-state index is 13.2. The van der Waals surface area contributed by atoms with Crippen LogP contribution in [0.1, 0.15) is 42.7 Å². The van der Waals surface area contributed by atoms with E-state index in [1.54, 1.807) is 12.3 Å². The Hall–Kier alpha value is -3.48. The van der Waals surface area contributed by atoms with Gasteiger partial charge in [0.2, 0.25) is 5.91 Å². The lowest BCUT2D eigenvalue weighted by Crippen LogP contribution is -2.26. The Morgan fingerprint density at radius 1 is 1.19 bits per heavy atom. The topological polar surface area (TPSA) is 86.9 Å². The number of Topliss-reactive ketones (excluding diaryl/α,β-unsaturated/α-hetero) is 1. The number of halogens is 1. The zero-order valence-corrected chi connectivity index (χ0v) is 18.0. The van der Waals surface area contributed by atoms with E-state index in [1.807, 2.05) is 36.4 Å². The number of amides is 1. The first kappa shape index (κ1) is 20.4. The van der Waals surface area contributed by atoms with Crippen LogP contribution in [-0.2, 0) is 11.2 Å². The fourth-order valence-electron chi connectivity index (χ4n) is 4.37. The number of fused-ring (bicyclic) bond motifs is 1. The van der Waals surface area contributed by atoms with E-state index >= 15 is 0 Å². The van der Waals surface area contributed by atoms with E-state index in [9.17, 15) is 14.0 Å². The maximum atomic E-state index is 13.2. The largest absolute Gasteiger partial charge is 0.356 e. The summed E-state index contributed by atoms with van der Waals surface area (Å²) in [6.45, 7) is 4.18. The number of hydrogen-bond donors (Lipinski definition) is 3. The van der Waals surface area contributed by atoms with Gasteiger partial charge in [-0.25, -0.2) is 9.37 Å². The number of ketones is 1. The summed E-state index contributed by atoms with van der Waals surface area (Å²) in [4.78, 5) is 33.0. The molecule has 3 N–H and O–H groups in total. The van der Waals surface area contributed by atoms with Gasteiger partial charge in [0.1, 0.15) is 12.0 Å². The highest BCUT2D eigenvalue weighted by Crippen LogP contribution is 2.43. The van der Waals surface area contributed by atoms with E-state index < -0.39 is 12.1 Å². The lowest BCUT2D eigenvalue weighted by atomic mass is 9.76. The lowest BCUT2D eigenvalue weighted by molar-refractivity contribution is -0.117. The van der Waals surface area contributed by atoms with Crippen LogP contribution in [0, 0.1) is 11.3 Å². The van der Waals surface area contributed by atoms with Crippen molar-refractivity contribution in [2.24, 2.45) is 11.3 Å². The van der Waals surface area contributed by atoms with Crippen molar-refractivity contribution in [3.05, 3.63) is 59.9 Å². The molecule has 1 saturated carbocycles. The van der Waals surface area contributed by atoms with Gasteiger partial charge in [0.05, 0.1) is 22.9 Å². The number of aromatic nitrogens is 2. The van der Waals surface area contributed by atoms with Crippen molar-refractivity contribution < 1.29 is 14.0 Å². The summed E-state index contributed by atoms with van der Waals surface area (Å²) >= 11 is 0. The van der Waals surface area contributed by atoms with Crippen LogP contribution in [0.3, 0.4) is 0 Å². The molecule has 1 unspecified atom stereocenters. The summed E-state index contributed by atoms with van der Waals surface area (Å²) < 4.78 is 13.2. The van der Waals surface area contributed by atoms with Crippen molar-refractivity contribution in [2.75, 3.05) is 10.6 Å². The van der Waals surface area contributed by atoms with Gasteiger partial charge in [-0.05, 0) is 42.5 Å². The molecule has 2 aliphatic carbocycles. The van der Waals surface area contributed by atoms with E-state index in [1.165, 1.54) is 0 Å². The number of aromatic amines is 1. The third kappa shape index (κ3) is 3.90. The van der Waals surface area contributed by atoms with Gasteiger partial charge in [0, 0.05) is 29.6 Å². The van der Waals surface area contributed by atoms with Crippen molar-refractivity contribution in [1.29, 1.82) is 0 Å². The molecule has 7 heteroatoms. The van der Waals surface area contributed by atoms with Gasteiger partial charge in [-0.1, -0.05) is 32.0 Å². The third-order valence-corrected chi connectivity index (χ3v) is 6.04. The Balaban J connectivity index is 1.55. The zero-order chi connectivity index (χ0) is 22.5. The quantitative estimate of drug-likeness (QED) is 0.512. The molecule has 164 valence electrons. The van der Waals surface area contributed by atoms with Crippen molar-refractivity contribution >= 4 is 28.9 Å². The minimum absolute atomic E-state index is 0.0995. The maximum Gasteiger partial charge on any atom is 0.231 e. The lowest BCUT2D eigenvalue weighted by Gasteiger charge is -2.28. The van der Waals surface area contributed by atoms with Gasteiger partial charge in [0.15, 0.2) is 5.78 Å². The molecule has 1 fully saturated rings. The van der Waals surface area contributed by atoms with E-state index in [0.717, 1.165) is 34.7 Å². The number of anilines is 3. The Bertz CT molecular complexity index is 1200. The normalized spacial score (nSPS) is 21.0. The highest BCUT2D eigenvalue weighted by atomic mass is 19.1. The Kier molecular flexibility index (Phi) is 4.84. The van der Waals surface area contributed by atoms with Crippen LogP contribution >= 0.6 is 0 Å². The predicted molar refractivity (Wildman–Crippen MR) is 122 cm³/mol. The molecule has 1 aromatic carbocycles. The molecular formula is C25H25FN4O2. The molecule has 2 heterocycles. The second-order valence-corrected chi connectivity index (χ2v) is 9.44. The molecule has 0 radical (unpaired) electrons. The van der Waals surface area contributed by atoms with Crippen LogP contribution in [-0.4, -0.2) is 27.8 Å². The summed E-state index contributed by atoms with van der Waals surface area (Å²) in [5, 5.41) is 6.13. The number of rotatable bonds is 5. The summed E-state index contributed by atoms with van der Waals surface area (Å²) in [5.41, 5.74) is 4.60. The van der Waals surface area contributed by atoms with Gasteiger partial charge in [-0.15, -0.1) is 0 Å². The average molecular weight is 432 g/mol. The number of carbonyl (C=O) groups excluding carboxylic acids is 2. The van der Waals surface area contributed by atoms with Crippen LogP contribution in [0.2, 0.25) is 0 Å². The monoisotopic (exact) mass is 432 g/mol. The van der Waals surface area contributed by atoms with Gasteiger partial charge in [0.25, 0.3) is 0 Å². The number of benzene rings is 1. The molecule has 1 amide bonds. The minimum atomic E-state index is -1.07. The number of pyridine rings is 1. The average Bonchev–Trinajstić information content (AvgIpc) is 3.37. The summed E-state index contributed by atoms with van der Waals surface area (Å²) in [5.74, 6) is -0.486. The molecule has 2 aromatic heterocycles.